The van der Waals surface area contributed by atoms with Crippen molar-refractivity contribution in [3.8, 4) is 0 Å². The molecule has 0 aliphatic carbocycles. The number of halogens is 2. The monoisotopic (exact) mass is 298 g/mol. The van der Waals surface area contributed by atoms with E-state index in [1.54, 1.807) is 0 Å². The van der Waals surface area contributed by atoms with Crippen LogP contribution in [0, 0.1) is 0 Å². The van der Waals surface area contributed by atoms with Gasteiger partial charge in [-0.2, -0.15) is 0 Å². The van der Waals surface area contributed by atoms with Gasteiger partial charge in [0.25, 0.3) is 5.91 Å². The first-order valence-electron chi connectivity index (χ1n) is 5.12. The van der Waals surface area contributed by atoms with Gasteiger partial charge in [-0.05, 0) is 35.9 Å². The van der Waals surface area contributed by atoms with Crippen LogP contribution in [-0.2, 0) is 0 Å². The minimum atomic E-state index is -0.617. The minimum Gasteiger partial charge on any atom is -0.452 e. The first-order chi connectivity index (χ1) is 8.99. The van der Waals surface area contributed by atoms with Gasteiger partial charge in [-0.1, -0.05) is 11.6 Å². The number of rotatable bonds is 3. The lowest BCUT2D eigenvalue weighted by Gasteiger charge is -2.07. The van der Waals surface area contributed by atoms with Gasteiger partial charge in [-0.3, -0.25) is 9.59 Å². The van der Waals surface area contributed by atoms with Crippen LogP contribution in [0.3, 0.4) is 0 Å². The van der Waals surface area contributed by atoms with Gasteiger partial charge in [0.2, 0.25) is 11.1 Å². The van der Waals surface area contributed by atoms with Crippen molar-refractivity contribution in [1.29, 1.82) is 0 Å². The van der Waals surface area contributed by atoms with Crippen LogP contribution in [0.4, 0.5) is 5.69 Å². The molecule has 0 atom stereocenters. The number of anilines is 1. The smallest absolute Gasteiger partial charge is 0.260 e. The van der Waals surface area contributed by atoms with Gasteiger partial charge in [0.15, 0.2) is 0 Å². The highest BCUT2D eigenvalue weighted by molar-refractivity contribution is 6.35. The molecular weight excluding hydrogens is 291 g/mol. The normalized spacial score (nSPS) is 10.2. The van der Waals surface area contributed by atoms with Crippen LogP contribution in [0.5, 0.6) is 0 Å². The number of nitrogens with two attached hydrogens (primary N) is 1. The minimum absolute atomic E-state index is 0.0281. The second-order valence-corrected chi connectivity index (χ2v) is 4.37. The topological polar surface area (TPSA) is 85.3 Å². The number of nitrogens with one attached hydrogen (secondary N) is 1. The molecule has 2 amide bonds. The molecule has 2 aromatic rings. The molecule has 1 heterocycles. The number of benzene rings is 1. The van der Waals surface area contributed by atoms with E-state index in [1.807, 2.05) is 0 Å². The highest BCUT2D eigenvalue weighted by atomic mass is 35.5. The lowest BCUT2D eigenvalue weighted by Crippen LogP contribution is -2.14. The van der Waals surface area contributed by atoms with Crippen molar-refractivity contribution in [2.75, 3.05) is 5.32 Å². The summed E-state index contributed by atoms with van der Waals surface area (Å²) in [6.07, 6.45) is 1.29. The Kier molecular flexibility index (Phi) is 3.78. The van der Waals surface area contributed by atoms with Gasteiger partial charge < -0.3 is 15.5 Å². The molecule has 0 bridgehead atoms. The van der Waals surface area contributed by atoms with Crippen molar-refractivity contribution in [3.05, 3.63) is 51.9 Å². The van der Waals surface area contributed by atoms with E-state index in [1.165, 1.54) is 30.5 Å². The van der Waals surface area contributed by atoms with Gasteiger partial charge in [-0.25, -0.2) is 0 Å². The third-order valence-electron chi connectivity index (χ3n) is 2.36. The van der Waals surface area contributed by atoms with Crippen molar-refractivity contribution < 1.29 is 14.0 Å². The molecule has 7 heteroatoms. The fourth-order valence-corrected chi connectivity index (χ4v) is 1.78. The highest BCUT2D eigenvalue weighted by Crippen LogP contribution is 2.25. The van der Waals surface area contributed by atoms with Gasteiger partial charge in [0, 0.05) is 5.56 Å². The zero-order valence-corrected chi connectivity index (χ0v) is 11.0. The van der Waals surface area contributed by atoms with E-state index >= 15 is 0 Å². The van der Waals surface area contributed by atoms with Crippen LogP contribution in [0.15, 0.2) is 34.9 Å². The first-order valence-corrected chi connectivity index (χ1v) is 5.88. The highest BCUT2D eigenvalue weighted by Gasteiger charge is 2.15. The zero-order valence-electron chi connectivity index (χ0n) is 9.44. The van der Waals surface area contributed by atoms with E-state index in [4.69, 9.17) is 33.4 Å². The van der Waals surface area contributed by atoms with Crippen LogP contribution in [0.2, 0.25) is 10.2 Å². The molecule has 0 saturated carbocycles. The third-order valence-corrected chi connectivity index (χ3v) is 2.98. The van der Waals surface area contributed by atoms with E-state index in [0.717, 1.165) is 0 Å². The Bertz CT molecular complexity index is 652. The van der Waals surface area contributed by atoms with Crippen molar-refractivity contribution in [1.82, 2.24) is 0 Å². The quantitative estimate of drug-likeness (QED) is 0.913. The molecule has 2 rings (SSSR count). The molecule has 1 aromatic carbocycles. The summed E-state index contributed by atoms with van der Waals surface area (Å²) >= 11 is 11.6. The van der Waals surface area contributed by atoms with Crippen molar-refractivity contribution in [2.24, 2.45) is 5.73 Å². The predicted molar refractivity (Wildman–Crippen MR) is 71.6 cm³/mol. The summed E-state index contributed by atoms with van der Waals surface area (Å²) in [6.45, 7) is 0. The molecule has 0 spiro atoms. The molecule has 0 aliphatic rings. The largest absolute Gasteiger partial charge is 0.452 e. The Morgan fingerprint density at radius 1 is 1.21 bits per heavy atom. The van der Waals surface area contributed by atoms with Gasteiger partial charge in [-0.15, -0.1) is 0 Å². The first kappa shape index (κ1) is 13.5. The fourth-order valence-electron chi connectivity index (χ4n) is 1.42. The SMILES string of the molecule is NC(=O)c1ccc(Cl)c(NC(=O)c2ccoc2Cl)c1. The molecule has 98 valence electrons. The molecule has 0 fully saturated rings. The van der Waals surface area contributed by atoms with Crippen LogP contribution in [0.25, 0.3) is 0 Å². The summed E-state index contributed by atoms with van der Waals surface area (Å²) < 4.78 is 4.81. The summed E-state index contributed by atoms with van der Waals surface area (Å²) in [5.74, 6) is -1.12. The number of primary amides is 1. The number of carbonyl (C=O) groups excluding carboxylic acids is 2. The Morgan fingerprint density at radius 3 is 2.53 bits per heavy atom. The molecule has 1 aromatic heterocycles. The standard InChI is InChI=1S/C12H8Cl2N2O3/c13-8-2-1-6(11(15)17)5-9(8)16-12(18)7-3-4-19-10(7)14/h1-5H,(H2,15,17)(H,16,18). The average molecular weight is 299 g/mol. The maximum atomic E-state index is 11.9. The number of hydrogen-bond acceptors (Lipinski definition) is 3. The van der Waals surface area contributed by atoms with Crippen LogP contribution in [-0.4, -0.2) is 11.8 Å². The Labute approximate surface area is 118 Å². The summed E-state index contributed by atoms with van der Waals surface area (Å²) in [7, 11) is 0. The molecule has 0 unspecified atom stereocenters. The summed E-state index contributed by atoms with van der Waals surface area (Å²) in [4.78, 5) is 23.0. The van der Waals surface area contributed by atoms with Gasteiger partial charge in [0.1, 0.15) is 0 Å². The Morgan fingerprint density at radius 2 is 1.95 bits per heavy atom. The lowest BCUT2D eigenvalue weighted by molar-refractivity contribution is 0.0996. The third kappa shape index (κ3) is 2.89. The van der Waals surface area contributed by atoms with Crippen LogP contribution < -0.4 is 11.1 Å². The molecule has 0 saturated heterocycles. The molecular formula is C12H8Cl2N2O3. The molecule has 0 radical (unpaired) electrons. The second-order valence-electron chi connectivity index (χ2n) is 3.62. The van der Waals surface area contributed by atoms with E-state index in [2.05, 4.69) is 5.32 Å². The van der Waals surface area contributed by atoms with Crippen molar-refractivity contribution in [2.45, 2.75) is 0 Å². The lowest BCUT2D eigenvalue weighted by atomic mass is 10.2. The summed E-state index contributed by atoms with van der Waals surface area (Å²) in [5.41, 5.74) is 5.82. The van der Waals surface area contributed by atoms with E-state index in [0.29, 0.717) is 0 Å². The summed E-state index contributed by atoms with van der Waals surface area (Å²) in [6, 6.07) is 5.74. The maximum Gasteiger partial charge on any atom is 0.260 e. The number of hydrogen-bond donors (Lipinski definition) is 2. The van der Waals surface area contributed by atoms with Crippen LogP contribution >= 0.6 is 23.2 Å². The number of amides is 2. The average Bonchev–Trinajstić information content (AvgIpc) is 2.78. The van der Waals surface area contributed by atoms with Crippen molar-refractivity contribution in [3.63, 3.8) is 0 Å². The molecule has 0 aliphatic heterocycles. The van der Waals surface area contributed by atoms with Crippen LogP contribution in [0.1, 0.15) is 20.7 Å². The number of carbonyl (C=O) groups is 2. The Hall–Kier alpha value is -1.98. The van der Waals surface area contributed by atoms with E-state index in [9.17, 15) is 9.59 Å². The predicted octanol–water partition coefficient (Wildman–Crippen LogP) is 2.94. The summed E-state index contributed by atoms with van der Waals surface area (Å²) in [5, 5.41) is 2.77. The van der Waals surface area contributed by atoms with Crippen molar-refractivity contribution >= 4 is 40.7 Å². The molecule has 3 N–H and O–H groups in total. The zero-order chi connectivity index (χ0) is 14.0. The second kappa shape index (κ2) is 5.34. The Balaban J connectivity index is 2.28. The molecule has 19 heavy (non-hydrogen) atoms. The molecule has 5 nitrogen and oxygen atoms in total. The van der Waals surface area contributed by atoms with Gasteiger partial charge >= 0.3 is 0 Å². The van der Waals surface area contributed by atoms with E-state index < -0.39 is 11.8 Å². The fraction of sp³-hybridized carbons (Fsp3) is 0. The number of furan rings is 1. The van der Waals surface area contributed by atoms with Gasteiger partial charge in [0.05, 0.1) is 22.5 Å². The van der Waals surface area contributed by atoms with E-state index in [-0.39, 0.29) is 27.1 Å². The maximum absolute atomic E-state index is 11.9.